The molecule has 0 bridgehead atoms. The lowest BCUT2D eigenvalue weighted by atomic mass is 10.2. The Morgan fingerprint density at radius 3 is 2.19 bits per heavy atom. The van der Waals surface area contributed by atoms with Crippen LogP contribution < -0.4 is 0 Å². The first-order valence-electron chi connectivity index (χ1n) is 8.07. The quantitative estimate of drug-likeness (QED) is 0.676. The molecule has 0 aliphatic carbocycles. The molecule has 0 fully saturated rings. The van der Waals surface area contributed by atoms with Crippen molar-refractivity contribution < 1.29 is 21.6 Å². The summed E-state index contributed by atoms with van der Waals surface area (Å²) in [7, 11) is -0.568. The topological polar surface area (TPSA) is 40.6 Å². The van der Waals surface area contributed by atoms with Crippen LogP contribution in [-0.2, 0) is 22.7 Å². The molecule has 0 aromatic heterocycles. The maximum atomic E-state index is 13.1. The smallest absolute Gasteiger partial charge is 0.308 e. The second kappa shape index (κ2) is 8.60. The standard InChI is InChI=1S/C18H20ClF3N2O2S/c1-23(2)10-11-24(13-14-6-4-3-5-7-14)27(25,26)15-8-9-17(19)16(12-15)18(20,21)22/h3-9,12H,10-11,13H2,1-2H3. The predicted molar refractivity (Wildman–Crippen MR) is 99.0 cm³/mol. The van der Waals surface area contributed by atoms with Gasteiger partial charge >= 0.3 is 6.18 Å². The highest BCUT2D eigenvalue weighted by Crippen LogP contribution is 2.36. The summed E-state index contributed by atoms with van der Waals surface area (Å²) in [6.07, 6.45) is -4.74. The predicted octanol–water partition coefficient (Wildman–Crippen LogP) is 4.11. The SMILES string of the molecule is CN(C)CCN(Cc1ccccc1)S(=O)(=O)c1ccc(Cl)c(C(F)(F)F)c1. The normalized spacial score (nSPS) is 12.7. The summed E-state index contributed by atoms with van der Waals surface area (Å²) in [4.78, 5) is 1.37. The van der Waals surface area contributed by atoms with Crippen molar-refractivity contribution in [2.24, 2.45) is 0 Å². The minimum Gasteiger partial charge on any atom is -0.308 e. The molecule has 0 atom stereocenters. The van der Waals surface area contributed by atoms with Crippen LogP contribution in [0.1, 0.15) is 11.1 Å². The fraction of sp³-hybridized carbons (Fsp3) is 0.333. The molecule has 0 spiro atoms. The van der Waals surface area contributed by atoms with Gasteiger partial charge in [0, 0.05) is 19.6 Å². The molecule has 148 valence electrons. The molecule has 0 saturated heterocycles. The Morgan fingerprint density at radius 2 is 1.63 bits per heavy atom. The first-order valence-corrected chi connectivity index (χ1v) is 9.89. The number of alkyl halides is 3. The lowest BCUT2D eigenvalue weighted by molar-refractivity contribution is -0.137. The van der Waals surface area contributed by atoms with Crippen LogP contribution in [0.25, 0.3) is 0 Å². The van der Waals surface area contributed by atoms with Crippen LogP contribution in [0.15, 0.2) is 53.4 Å². The van der Waals surface area contributed by atoms with Gasteiger partial charge in [0.2, 0.25) is 10.0 Å². The third kappa shape index (κ3) is 5.68. The third-order valence-electron chi connectivity index (χ3n) is 3.88. The van der Waals surface area contributed by atoms with Gasteiger partial charge in [-0.3, -0.25) is 0 Å². The summed E-state index contributed by atoms with van der Waals surface area (Å²) in [5.41, 5.74) is -0.428. The van der Waals surface area contributed by atoms with Crippen molar-refractivity contribution in [1.29, 1.82) is 0 Å². The maximum Gasteiger partial charge on any atom is 0.417 e. The van der Waals surface area contributed by atoms with E-state index < -0.39 is 31.7 Å². The Morgan fingerprint density at radius 1 is 1.00 bits per heavy atom. The van der Waals surface area contributed by atoms with Crippen molar-refractivity contribution in [2.75, 3.05) is 27.2 Å². The zero-order valence-electron chi connectivity index (χ0n) is 14.9. The lowest BCUT2D eigenvalue weighted by Crippen LogP contribution is -2.36. The van der Waals surface area contributed by atoms with Gasteiger partial charge in [0.15, 0.2) is 0 Å². The first kappa shape index (κ1) is 21.7. The van der Waals surface area contributed by atoms with E-state index in [1.54, 1.807) is 49.3 Å². The fourth-order valence-electron chi connectivity index (χ4n) is 2.41. The van der Waals surface area contributed by atoms with Crippen molar-refractivity contribution in [3.63, 3.8) is 0 Å². The van der Waals surface area contributed by atoms with Gasteiger partial charge in [-0.15, -0.1) is 0 Å². The molecule has 0 aliphatic rings. The van der Waals surface area contributed by atoms with Crippen molar-refractivity contribution in [2.45, 2.75) is 17.6 Å². The number of benzene rings is 2. The lowest BCUT2D eigenvalue weighted by Gasteiger charge is -2.24. The number of nitrogens with zero attached hydrogens (tertiary/aromatic N) is 2. The second-order valence-electron chi connectivity index (χ2n) is 6.27. The molecule has 27 heavy (non-hydrogen) atoms. The van der Waals surface area contributed by atoms with Gasteiger partial charge in [-0.25, -0.2) is 8.42 Å². The minimum atomic E-state index is -4.74. The van der Waals surface area contributed by atoms with Crippen LogP contribution in [0.4, 0.5) is 13.2 Å². The molecule has 0 heterocycles. The number of sulfonamides is 1. The summed E-state index contributed by atoms with van der Waals surface area (Å²) < 4.78 is 66.6. The molecule has 0 aliphatic heterocycles. The van der Waals surface area contributed by atoms with E-state index in [0.29, 0.717) is 12.6 Å². The van der Waals surface area contributed by atoms with Gasteiger partial charge in [-0.05, 0) is 37.9 Å². The third-order valence-corrected chi connectivity index (χ3v) is 6.05. The Hall–Kier alpha value is -1.61. The van der Waals surface area contributed by atoms with Gasteiger partial charge in [0.1, 0.15) is 0 Å². The van der Waals surface area contributed by atoms with E-state index >= 15 is 0 Å². The molecular formula is C18H20ClF3N2O2S. The average molecular weight is 421 g/mol. The number of rotatable bonds is 7. The van der Waals surface area contributed by atoms with E-state index in [1.165, 1.54) is 4.31 Å². The number of hydrogen-bond acceptors (Lipinski definition) is 3. The van der Waals surface area contributed by atoms with Crippen LogP contribution >= 0.6 is 11.6 Å². The van der Waals surface area contributed by atoms with E-state index in [4.69, 9.17) is 11.6 Å². The monoisotopic (exact) mass is 420 g/mol. The Bertz CT molecular complexity index is 872. The van der Waals surface area contributed by atoms with Gasteiger partial charge in [-0.2, -0.15) is 17.5 Å². The van der Waals surface area contributed by atoms with Crippen molar-refractivity contribution in [3.05, 3.63) is 64.7 Å². The van der Waals surface area contributed by atoms with E-state index in [-0.39, 0.29) is 13.1 Å². The molecule has 0 N–H and O–H groups in total. The van der Waals surface area contributed by atoms with Gasteiger partial charge in [0.05, 0.1) is 15.5 Å². The second-order valence-corrected chi connectivity index (χ2v) is 8.61. The molecule has 0 saturated carbocycles. The van der Waals surface area contributed by atoms with E-state index in [2.05, 4.69) is 0 Å². The van der Waals surface area contributed by atoms with Gasteiger partial charge < -0.3 is 4.90 Å². The van der Waals surface area contributed by atoms with Gasteiger partial charge in [-0.1, -0.05) is 41.9 Å². The van der Waals surface area contributed by atoms with E-state index in [0.717, 1.165) is 17.7 Å². The summed E-state index contributed by atoms with van der Waals surface area (Å²) in [5, 5.41) is -0.538. The number of hydrogen-bond donors (Lipinski definition) is 0. The fourth-order valence-corrected chi connectivity index (χ4v) is 4.08. The van der Waals surface area contributed by atoms with Crippen LogP contribution in [0.5, 0.6) is 0 Å². The van der Waals surface area contributed by atoms with Crippen LogP contribution in [-0.4, -0.2) is 44.8 Å². The summed E-state index contributed by atoms with van der Waals surface area (Å²) in [6.45, 7) is 0.612. The molecule has 0 amide bonds. The van der Waals surface area contributed by atoms with Crippen LogP contribution in [0.3, 0.4) is 0 Å². The molecule has 2 aromatic rings. The molecule has 0 radical (unpaired) electrons. The zero-order chi connectivity index (χ0) is 20.2. The minimum absolute atomic E-state index is 0.0565. The van der Waals surface area contributed by atoms with Crippen molar-refractivity contribution >= 4 is 21.6 Å². The van der Waals surface area contributed by atoms with E-state index in [1.807, 2.05) is 0 Å². The molecule has 2 aromatic carbocycles. The Labute approximate surface area is 162 Å². The highest BCUT2D eigenvalue weighted by molar-refractivity contribution is 7.89. The highest BCUT2D eigenvalue weighted by atomic mass is 35.5. The molecule has 0 unspecified atom stereocenters. The first-order chi connectivity index (χ1) is 12.5. The summed E-state index contributed by atoms with van der Waals surface area (Å²) in [5.74, 6) is 0. The van der Waals surface area contributed by atoms with Crippen LogP contribution in [0.2, 0.25) is 5.02 Å². The number of halogens is 4. The molecular weight excluding hydrogens is 401 g/mol. The zero-order valence-corrected chi connectivity index (χ0v) is 16.4. The number of likely N-dealkylation sites (N-methyl/N-ethyl adjacent to an activating group) is 1. The largest absolute Gasteiger partial charge is 0.417 e. The van der Waals surface area contributed by atoms with E-state index in [9.17, 15) is 21.6 Å². The Kier molecular flexibility index (Phi) is 6.91. The molecule has 9 heteroatoms. The average Bonchev–Trinajstić information content (AvgIpc) is 2.58. The van der Waals surface area contributed by atoms with Gasteiger partial charge in [0.25, 0.3) is 0 Å². The molecule has 2 rings (SSSR count). The van der Waals surface area contributed by atoms with Crippen molar-refractivity contribution in [3.8, 4) is 0 Å². The van der Waals surface area contributed by atoms with Crippen molar-refractivity contribution in [1.82, 2.24) is 9.21 Å². The Balaban J connectivity index is 2.43. The summed E-state index contributed by atoms with van der Waals surface area (Å²) in [6, 6.07) is 11.5. The highest BCUT2D eigenvalue weighted by Gasteiger charge is 2.35. The maximum absolute atomic E-state index is 13.1. The summed E-state index contributed by atoms with van der Waals surface area (Å²) >= 11 is 5.61. The molecule has 4 nitrogen and oxygen atoms in total. The van der Waals surface area contributed by atoms with Crippen LogP contribution in [0, 0.1) is 0 Å².